The van der Waals surface area contributed by atoms with E-state index in [9.17, 15) is 14.4 Å². The minimum absolute atomic E-state index is 0.0395. The Balaban J connectivity index is 1.52. The second-order valence-corrected chi connectivity index (χ2v) is 6.05. The molecule has 2 heterocycles. The number of H-pyrrole nitrogens is 1. The molecule has 0 atom stereocenters. The van der Waals surface area contributed by atoms with E-state index in [0.717, 1.165) is 12.0 Å². The molecule has 1 aromatic carbocycles. The van der Waals surface area contributed by atoms with Crippen molar-refractivity contribution < 1.29 is 19.1 Å². The summed E-state index contributed by atoms with van der Waals surface area (Å²) in [6, 6.07) is 6.77. The summed E-state index contributed by atoms with van der Waals surface area (Å²) < 4.78 is 10.5. The number of fused-ring (bicyclic) bond motifs is 2. The molecule has 25 heavy (non-hydrogen) atoms. The number of aryl methyl sites for hydroxylation is 1. The molecule has 2 aliphatic rings. The molecular formula is C18H16N2O5. The number of nitrogens with one attached hydrogen (secondary N) is 2. The highest BCUT2D eigenvalue weighted by Crippen LogP contribution is 2.32. The Morgan fingerprint density at radius 2 is 1.96 bits per heavy atom. The number of hydrogen-bond donors (Lipinski definition) is 2. The van der Waals surface area contributed by atoms with Gasteiger partial charge in [0.05, 0.1) is 0 Å². The molecule has 0 fully saturated rings. The van der Waals surface area contributed by atoms with Gasteiger partial charge in [0, 0.05) is 24.2 Å². The van der Waals surface area contributed by atoms with Gasteiger partial charge in [-0.05, 0) is 36.6 Å². The smallest absolute Gasteiger partial charge is 0.261 e. The Hall–Kier alpha value is -3.09. The van der Waals surface area contributed by atoms with E-state index in [0.29, 0.717) is 35.6 Å². The normalized spacial score (nSPS) is 15.0. The summed E-state index contributed by atoms with van der Waals surface area (Å²) in [4.78, 5) is 39.2. The molecule has 2 N–H and O–H groups in total. The third-order valence-electron chi connectivity index (χ3n) is 4.39. The van der Waals surface area contributed by atoms with Crippen molar-refractivity contribution in [2.45, 2.75) is 25.8 Å². The van der Waals surface area contributed by atoms with E-state index in [1.54, 1.807) is 12.1 Å². The molecule has 128 valence electrons. The molecule has 7 heteroatoms. The summed E-state index contributed by atoms with van der Waals surface area (Å²) in [6.07, 6.45) is 1.81. The summed E-state index contributed by atoms with van der Waals surface area (Å²) in [5.41, 5.74) is 1.36. The summed E-state index contributed by atoms with van der Waals surface area (Å²) in [6.45, 7) is 0.420. The highest BCUT2D eigenvalue weighted by molar-refractivity contribution is 6.01. The lowest BCUT2D eigenvalue weighted by molar-refractivity contribution is 0.0949. The summed E-state index contributed by atoms with van der Waals surface area (Å²) in [5.74, 6) is 0.742. The van der Waals surface area contributed by atoms with Crippen molar-refractivity contribution in [3.8, 4) is 11.5 Å². The number of rotatable bonds is 3. The molecule has 0 radical (unpaired) electrons. The number of Topliss-reactive ketones (excluding diaryl/α,β-unsaturated/α-hetero) is 1. The number of amides is 1. The fraction of sp³-hybridized carbons (Fsp3) is 0.278. The van der Waals surface area contributed by atoms with E-state index in [1.165, 1.54) is 6.07 Å². The lowest BCUT2D eigenvalue weighted by Crippen LogP contribution is -2.31. The fourth-order valence-corrected chi connectivity index (χ4v) is 3.07. The monoisotopic (exact) mass is 340 g/mol. The van der Waals surface area contributed by atoms with Crippen LogP contribution in [0.25, 0.3) is 0 Å². The van der Waals surface area contributed by atoms with Gasteiger partial charge in [0.15, 0.2) is 17.3 Å². The Bertz CT molecular complexity index is 932. The number of aromatic amines is 1. The van der Waals surface area contributed by atoms with Gasteiger partial charge in [0.1, 0.15) is 5.56 Å². The third-order valence-corrected chi connectivity index (χ3v) is 4.39. The van der Waals surface area contributed by atoms with Gasteiger partial charge in [0.2, 0.25) is 6.79 Å². The van der Waals surface area contributed by atoms with Gasteiger partial charge in [-0.15, -0.1) is 0 Å². The highest BCUT2D eigenvalue weighted by atomic mass is 16.7. The van der Waals surface area contributed by atoms with Crippen LogP contribution in [0.4, 0.5) is 0 Å². The van der Waals surface area contributed by atoms with Crippen LogP contribution in [0.1, 0.15) is 44.8 Å². The van der Waals surface area contributed by atoms with E-state index in [-0.39, 0.29) is 24.7 Å². The van der Waals surface area contributed by atoms with Crippen molar-refractivity contribution in [2.75, 3.05) is 6.79 Å². The average Bonchev–Trinajstić information content (AvgIpc) is 3.07. The van der Waals surface area contributed by atoms with Crippen LogP contribution in [-0.2, 0) is 13.0 Å². The first kappa shape index (κ1) is 15.4. The number of carbonyl (C=O) groups is 2. The lowest BCUT2D eigenvalue weighted by atomic mass is 9.93. The Morgan fingerprint density at radius 1 is 1.12 bits per heavy atom. The first-order valence-corrected chi connectivity index (χ1v) is 8.08. The zero-order chi connectivity index (χ0) is 17.4. The number of benzene rings is 1. The van der Waals surface area contributed by atoms with E-state index in [2.05, 4.69) is 10.3 Å². The molecule has 1 amide bonds. The van der Waals surface area contributed by atoms with Crippen molar-refractivity contribution in [3.05, 3.63) is 57.0 Å². The van der Waals surface area contributed by atoms with Gasteiger partial charge in [0.25, 0.3) is 11.5 Å². The van der Waals surface area contributed by atoms with E-state index in [1.807, 2.05) is 6.07 Å². The van der Waals surface area contributed by atoms with Crippen molar-refractivity contribution in [2.24, 2.45) is 0 Å². The number of ketones is 1. The minimum atomic E-state index is -0.514. The predicted octanol–water partition coefficient (Wildman–Crippen LogP) is 1.55. The second-order valence-electron chi connectivity index (χ2n) is 6.05. The van der Waals surface area contributed by atoms with Crippen molar-refractivity contribution in [1.82, 2.24) is 10.3 Å². The van der Waals surface area contributed by atoms with Crippen molar-refractivity contribution in [1.29, 1.82) is 0 Å². The quantitative estimate of drug-likeness (QED) is 0.883. The van der Waals surface area contributed by atoms with Crippen molar-refractivity contribution in [3.63, 3.8) is 0 Å². The molecule has 4 rings (SSSR count). The van der Waals surface area contributed by atoms with Gasteiger partial charge in [-0.25, -0.2) is 0 Å². The number of aromatic nitrogens is 1. The molecule has 1 aliphatic heterocycles. The molecule has 2 aromatic rings. The molecule has 0 saturated heterocycles. The van der Waals surface area contributed by atoms with E-state index in [4.69, 9.17) is 9.47 Å². The van der Waals surface area contributed by atoms with Gasteiger partial charge in [-0.1, -0.05) is 6.07 Å². The minimum Gasteiger partial charge on any atom is -0.454 e. The zero-order valence-corrected chi connectivity index (χ0v) is 13.4. The van der Waals surface area contributed by atoms with Crippen LogP contribution in [0, 0.1) is 0 Å². The standard InChI is InChI=1S/C18H16N2O5/c21-14-3-1-2-13-11(14)7-12(18(23)20-13)17(22)19-8-10-4-5-15-16(6-10)25-9-24-15/h4-7H,1-3,8-9H2,(H,19,22)(H,20,23). The Labute approximate surface area is 143 Å². The zero-order valence-electron chi connectivity index (χ0n) is 13.4. The number of pyridine rings is 1. The maximum absolute atomic E-state index is 12.4. The molecule has 1 aromatic heterocycles. The number of carbonyl (C=O) groups excluding carboxylic acids is 2. The number of hydrogen-bond acceptors (Lipinski definition) is 5. The van der Waals surface area contributed by atoms with Crippen LogP contribution in [0.15, 0.2) is 29.1 Å². The molecule has 1 aliphatic carbocycles. The summed E-state index contributed by atoms with van der Waals surface area (Å²) in [5, 5.41) is 2.70. The average molecular weight is 340 g/mol. The largest absolute Gasteiger partial charge is 0.454 e. The SMILES string of the molecule is O=C1CCCc2[nH]c(=O)c(C(=O)NCc3ccc4c(c3)OCO4)cc21. The topological polar surface area (TPSA) is 97.5 Å². The molecule has 0 spiro atoms. The first-order chi connectivity index (χ1) is 12.1. The molecule has 0 bridgehead atoms. The number of ether oxygens (including phenoxy) is 2. The maximum atomic E-state index is 12.4. The molecule has 0 unspecified atom stereocenters. The highest BCUT2D eigenvalue weighted by Gasteiger charge is 2.22. The van der Waals surface area contributed by atoms with Gasteiger partial charge in [-0.2, -0.15) is 0 Å². The first-order valence-electron chi connectivity index (χ1n) is 8.08. The molecular weight excluding hydrogens is 324 g/mol. The van der Waals surface area contributed by atoms with Crippen LogP contribution < -0.4 is 20.3 Å². The third kappa shape index (κ3) is 2.88. The van der Waals surface area contributed by atoms with Gasteiger partial charge in [-0.3, -0.25) is 14.4 Å². The van der Waals surface area contributed by atoms with E-state index >= 15 is 0 Å². The van der Waals surface area contributed by atoms with E-state index < -0.39 is 11.5 Å². The maximum Gasteiger partial charge on any atom is 0.261 e. The van der Waals surface area contributed by atoms with Crippen LogP contribution in [0.3, 0.4) is 0 Å². The van der Waals surface area contributed by atoms with Crippen molar-refractivity contribution >= 4 is 11.7 Å². The summed E-state index contributed by atoms with van der Waals surface area (Å²) in [7, 11) is 0. The Kier molecular flexibility index (Phi) is 3.76. The van der Waals surface area contributed by atoms with Crippen LogP contribution in [0.5, 0.6) is 11.5 Å². The predicted molar refractivity (Wildman–Crippen MR) is 88.1 cm³/mol. The Morgan fingerprint density at radius 3 is 2.84 bits per heavy atom. The molecule has 7 nitrogen and oxygen atoms in total. The van der Waals surface area contributed by atoms with Gasteiger partial charge < -0.3 is 19.8 Å². The van der Waals surface area contributed by atoms with Crippen LogP contribution >= 0.6 is 0 Å². The molecule has 0 saturated carbocycles. The summed E-state index contributed by atoms with van der Waals surface area (Å²) >= 11 is 0. The van der Waals surface area contributed by atoms with Crippen LogP contribution in [-0.4, -0.2) is 23.5 Å². The van der Waals surface area contributed by atoms with Gasteiger partial charge >= 0.3 is 0 Å². The lowest BCUT2D eigenvalue weighted by Gasteiger charge is -2.15. The van der Waals surface area contributed by atoms with Crippen LogP contribution in [0.2, 0.25) is 0 Å². The second kappa shape index (κ2) is 6.08. The fourth-order valence-electron chi connectivity index (χ4n) is 3.07.